The summed E-state index contributed by atoms with van der Waals surface area (Å²) >= 11 is 0. The summed E-state index contributed by atoms with van der Waals surface area (Å²) < 4.78 is 1.63. The molecule has 2 aromatic rings. The van der Waals surface area contributed by atoms with Gasteiger partial charge in [-0.1, -0.05) is 0 Å². The van der Waals surface area contributed by atoms with Gasteiger partial charge in [-0.3, -0.25) is 4.68 Å². The summed E-state index contributed by atoms with van der Waals surface area (Å²) in [5.74, 6) is 1.73. The van der Waals surface area contributed by atoms with Crippen molar-refractivity contribution in [2.75, 3.05) is 30.0 Å². The number of nitrogens with two attached hydrogens (primary N) is 1. The number of nitrogens with zero attached hydrogens (tertiary/aromatic N) is 7. The standard InChI is InChI=1S/C9H15N9/c1-17(2)9-14-7(10)13-8(15-9)11-4-6-12-5-18(3)16-6/h5H,4H2,1-3H3,(H3,10,11,13,14,15). The van der Waals surface area contributed by atoms with Gasteiger partial charge in [0, 0.05) is 21.1 Å². The van der Waals surface area contributed by atoms with Gasteiger partial charge < -0.3 is 16.0 Å². The van der Waals surface area contributed by atoms with Gasteiger partial charge in [0.25, 0.3) is 0 Å². The van der Waals surface area contributed by atoms with Crippen molar-refractivity contribution in [3.63, 3.8) is 0 Å². The van der Waals surface area contributed by atoms with Gasteiger partial charge in [-0.05, 0) is 0 Å². The van der Waals surface area contributed by atoms with Crippen LogP contribution in [0, 0.1) is 0 Å². The molecule has 0 saturated carbocycles. The van der Waals surface area contributed by atoms with Crippen molar-refractivity contribution < 1.29 is 0 Å². The highest BCUT2D eigenvalue weighted by Crippen LogP contribution is 2.09. The number of hydrogen-bond donors (Lipinski definition) is 2. The Labute approximate surface area is 104 Å². The quantitative estimate of drug-likeness (QED) is 0.729. The summed E-state index contributed by atoms with van der Waals surface area (Å²) in [7, 11) is 5.47. The van der Waals surface area contributed by atoms with E-state index in [1.54, 1.807) is 15.9 Å². The van der Waals surface area contributed by atoms with Gasteiger partial charge in [-0.2, -0.15) is 20.1 Å². The fourth-order valence-electron chi connectivity index (χ4n) is 1.28. The predicted octanol–water partition coefficient (Wildman–Crippen LogP) is -0.740. The number of anilines is 3. The normalized spacial score (nSPS) is 10.4. The second kappa shape index (κ2) is 4.82. The van der Waals surface area contributed by atoms with Crippen LogP contribution in [-0.2, 0) is 13.6 Å². The highest BCUT2D eigenvalue weighted by molar-refractivity contribution is 5.40. The molecule has 96 valence electrons. The molecular formula is C9H15N9. The van der Waals surface area contributed by atoms with E-state index in [9.17, 15) is 0 Å². The predicted molar refractivity (Wildman–Crippen MR) is 66.9 cm³/mol. The maximum atomic E-state index is 5.61. The molecule has 0 radical (unpaired) electrons. The van der Waals surface area contributed by atoms with Crippen molar-refractivity contribution >= 4 is 17.8 Å². The molecule has 2 rings (SSSR count). The molecule has 0 spiro atoms. The lowest BCUT2D eigenvalue weighted by molar-refractivity contribution is 0.746. The van der Waals surface area contributed by atoms with Gasteiger partial charge in [-0.25, -0.2) is 4.98 Å². The Morgan fingerprint density at radius 3 is 2.72 bits per heavy atom. The lowest BCUT2D eigenvalue weighted by Crippen LogP contribution is -2.16. The second-order valence-electron chi connectivity index (χ2n) is 3.90. The van der Waals surface area contributed by atoms with E-state index in [4.69, 9.17) is 5.73 Å². The molecule has 9 heteroatoms. The first kappa shape index (κ1) is 12.0. The van der Waals surface area contributed by atoms with E-state index in [1.165, 1.54) is 0 Å². The number of aryl methyl sites for hydroxylation is 1. The first-order valence-corrected chi connectivity index (χ1v) is 5.32. The molecule has 0 aromatic carbocycles. The highest BCUT2D eigenvalue weighted by Gasteiger charge is 2.06. The Balaban J connectivity index is 2.09. The number of hydrogen-bond acceptors (Lipinski definition) is 8. The minimum atomic E-state index is 0.171. The van der Waals surface area contributed by atoms with Gasteiger partial charge in [0.2, 0.25) is 17.8 Å². The molecule has 2 heterocycles. The van der Waals surface area contributed by atoms with Gasteiger partial charge in [0.1, 0.15) is 6.33 Å². The van der Waals surface area contributed by atoms with E-state index in [0.29, 0.717) is 24.3 Å². The summed E-state index contributed by atoms with van der Waals surface area (Å²) in [5, 5.41) is 7.14. The second-order valence-corrected chi connectivity index (χ2v) is 3.90. The van der Waals surface area contributed by atoms with Crippen LogP contribution >= 0.6 is 0 Å². The minimum absolute atomic E-state index is 0.171. The minimum Gasteiger partial charge on any atom is -0.368 e. The largest absolute Gasteiger partial charge is 0.368 e. The summed E-state index contributed by atoms with van der Waals surface area (Å²) in [6.45, 7) is 0.428. The lowest BCUT2D eigenvalue weighted by Gasteiger charge is -2.11. The smallest absolute Gasteiger partial charge is 0.231 e. The number of nitrogen functional groups attached to an aromatic ring is 1. The van der Waals surface area contributed by atoms with Crippen molar-refractivity contribution in [1.29, 1.82) is 0 Å². The molecule has 3 N–H and O–H groups in total. The molecular weight excluding hydrogens is 234 g/mol. The monoisotopic (exact) mass is 249 g/mol. The Kier molecular flexibility index (Phi) is 3.22. The Bertz CT molecular complexity index is 533. The summed E-state index contributed by atoms with van der Waals surface area (Å²) in [4.78, 5) is 18.0. The van der Waals surface area contributed by atoms with E-state index >= 15 is 0 Å². The molecule has 0 bridgehead atoms. The van der Waals surface area contributed by atoms with Crippen molar-refractivity contribution in [2.45, 2.75) is 6.54 Å². The maximum Gasteiger partial charge on any atom is 0.231 e. The molecule has 18 heavy (non-hydrogen) atoms. The van der Waals surface area contributed by atoms with E-state index < -0.39 is 0 Å². The van der Waals surface area contributed by atoms with Crippen LogP contribution in [0.2, 0.25) is 0 Å². The molecule has 0 aliphatic rings. The van der Waals surface area contributed by atoms with Gasteiger partial charge >= 0.3 is 0 Å². The van der Waals surface area contributed by atoms with Crippen LogP contribution in [0.4, 0.5) is 17.8 Å². The molecule has 0 atom stereocenters. The Hall–Kier alpha value is -2.45. The Morgan fingerprint density at radius 2 is 2.11 bits per heavy atom. The molecule has 0 amide bonds. The van der Waals surface area contributed by atoms with Crippen LogP contribution in [0.15, 0.2) is 6.33 Å². The average Bonchev–Trinajstić information content (AvgIpc) is 2.72. The molecule has 9 nitrogen and oxygen atoms in total. The average molecular weight is 249 g/mol. The third-order valence-corrected chi connectivity index (χ3v) is 2.09. The third-order valence-electron chi connectivity index (χ3n) is 2.09. The zero-order valence-corrected chi connectivity index (χ0v) is 10.5. The lowest BCUT2D eigenvalue weighted by atomic mass is 10.6. The van der Waals surface area contributed by atoms with Crippen LogP contribution in [0.3, 0.4) is 0 Å². The highest BCUT2D eigenvalue weighted by atomic mass is 15.3. The van der Waals surface area contributed by atoms with Crippen molar-refractivity contribution in [3.8, 4) is 0 Å². The van der Waals surface area contributed by atoms with E-state index in [0.717, 1.165) is 0 Å². The van der Waals surface area contributed by atoms with Crippen LogP contribution in [0.1, 0.15) is 5.82 Å². The van der Waals surface area contributed by atoms with Crippen LogP contribution in [0.5, 0.6) is 0 Å². The number of rotatable bonds is 4. The van der Waals surface area contributed by atoms with Crippen molar-refractivity contribution in [1.82, 2.24) is 29.7 Å². The number of nitrogens with one attached hydrogen (secondary N) is 1. The van der Waals surface area contributed by atoms with E-state index in [2.05, 4.69) is 30.4 Å². The maximum absolute atomic E-state index is 5.61. The van der Waals surface area contributed by atoms with Gasteiger partial charge in [0.05, 0.1) is 6.54 Å². The first-order valence-electron chi connectivity index (χ1n) is 5.32. The van der Waals surface area contributed by atoms with Crippen molar-refractivity contribution in [3.05, 3.63) is 12.2 Å². The summed E-state index contributed by atoms with van der Waals surface area (Å²) in [5.41, 5.74) is 5.61. The van der Waals surface area contributed by atoms with E-state index in [1.807, 2.05) is 21.1 Å². The van der Waals surface area contributed by atoms with Crippen LogP contribution in [0.25, 0.3) is 0 Å². The first-order chi connectivity index (χ1) is 8.54. The van der Waals surface area contributed by atoms with Crippen LogP contribution < -0.4 is 16.0 Å². The zero-order valence-electron chi connectivity index (χ0n) is 10.5. The van der Waals surface area contributed by atoms with Crippen molar-refractivity contribution in [2.24, 2.45) is 7.05 Å². The van der Waals surface area contributed by atoms with Gasteiger partial charge in [-0.15, -0.1) is 0 Å². The SMILES string of the molecule is CN(C)c1nc(N)nc(NCc2ncn(C)n2)n1. The molecule has 0 fully saturated rings. The molecule has 0 saturated heterocycles. The molecule has 0 unspecified atom stereocenters. The molecule has 0 aliphatic carbocycles. The fourth-order valence-corrected chi connectivity index (χ4v) is 1.28. The summed E-state index contributed by atoms with van der Waals surface area (Å²) in [6.07, 6.45) is 1.63. The van der Waals surface area contributed by atoms with Gasteiger partial charge in [0.15, 0.2) is 5.82 Å². The Morgan fingerprint density at radius 1 is 1.33 bits per heavy atom. The fraction of sp³-hybridized carbons (Fsp3) is 0.444. The summed E-state index contributed by atoms with van der Waals surface area (Å²) in [6, 6.07) is 0. The van der Waals surface area contributed by atoms with E-state index in [-0.39, 0.29) is 5.95 Å². The third kappa shape index (κ3) is 2.81. The molecule has 0 aliphatic heterocycles. The molecule has 2 aromatic heterocycles. The number of aromatic nitrogens is 6. The topological polar surface area (TPSA) is 111 Å². The van der Waals surface area contributed by atoms with Crippen LogP contribution in [-0.4, -0.2) is 43.8 Å². The zero-order chi connectivity index (χ0) is 13.1.